The number of carbonyl (C=O) groups excluding carboxylic acids is 2. The summed E-state index contributed by atoms with van der Waals surface area (Å²) in [5.41, 5.74) is 0. The smallest absolute Gasteiger partial charge is 0.306 e. The van der Waals surface area contributed by atoms with Crippen LogP contribution in [0.2, 0.25) is 0 Å². The number of aliphatic hydroxyl groups excluding tert-OH is 5. The molecule has 1 rings (SSSR count). The highest BCUT2D eigenvalue weighted by Gasteiger charge is 2.47. The Labute approximate surface area is 575 Å². The van der Waals surface area contributed by atoms with Gasteiger partial charge in [0, 0.05) is 6.42 Å². The first-order chi connectivity index (χ1) is 46.2. The number of nitrogens with one attached hydrogen (secondary N) is 1. The molecule has 8 unspecified atom stereocenters. The monoisotopic (exact) mass is 1310 g/mol. The maximum absolute atomic E-state index is 13.5. The Kier molecular flexibility index (Phi) is 64.2. The molecule has 11 heteroatoms. The first-order valence-corrected chi connectivity index (χ1v) is 38.5. The topological polar surface area (TPSA) is 175 Å². The molecule has 1 fully saturated rings. The van der Waals surface area contributed by atoms with Gasteiger partial charge in [0.2, 0.25) is 5.91 Å². The molecule has 0 radical (unpaired) electrons. The minimum atomic E-state index is -1.62. The molecule has 0 saturated carbocycles. The van der Waals surface area contributed by atoms with Gasteiger partial charge in [-0.15, -0.1) is 0 Å². The van der Waals surface area contributed by atoms with Gasteiger partial charge in [-0.2, -0.15) is 0 Å². The maximum atomic E-state index is 13.5. The molecule has 94 heavy (non-hydrogen) atoms. The molecule has 0 aromatic carbocycles. The van der Waals surface area contributed by atoms with Gasteiger partial charge in [-0.25, -0.2) is 0 Å². The summed E-state index contributed by atoms with van der Waals surface area (Å²) in [5.74, 6) is -1.20. The van der Waals surface area contributed by atoms with Crippen LogP contribution < -0.4 is 5.32 Å². The number of amides is 1. The molecule has 1 aliphatic heterocycles. The number of ether oxygens (including phenoxy) is 3. The van der Waals surface area contributed by atoms with Crippen molar-refractivity contribution >= 4 is 11.9 Å². The van der Waals surface area contributed by atoms with Crippen LogP contribution in [0.5, 0.6) is 0 Å². The van der Waals surface area contributed by atoms with E-state index in [4.69, 9.17) is 14.2 Å². The summed E-state index contributed by atoms with van der Waals surface area (Å²) < 4.78 is 17.7. The van der Waals surface area contributed by atoms with E-state index in [1.807, 2.05) is 6.08 Å². The summed E-state index contributed by atoms with van der Waals surface area (Å²) in [6, 6.07) is -1.04. The lowest BCUT2D eigenvalue weighted by Crippen LogP contribution is -2.61. The van der Waals surface area contributed by atoms with Crippen molar-refractivity contribution in [1.82, 2.24) is 5.32 Å². The lowest BCUT2D eigenvalue weighted by molar-refractivity contribution is -0.305. The normalized spacial score (nSPS) is 18.6. The van der Waals surface area contributed by atoms with Crippen molar-refractivity contribution in [3.8, 4) is 0 Å². The third-order valence-electron chi connectivity index (χ3n) is 17.3. The number of rotatable bonds is 65. The Bertz CT molecular complexity index is 2050. The fourth-order valence-electron chi connectivity index (χ4n) is 11.4. The number of esters is 1. The van der Waals surface area contributed by atoms with Gasteiger partial charge in [0.05, 0.1) is 25.4 Å². The molecule has 0 aromatic heterocycles. The molecule has 1 saturated heterocycles. The van der Waals surface area contributed by atoms with Crippen LogP contribution in [-0.4, -0.2) is 99.6 Å². The molecule has 0 spiro atoms. The molecule has 0 bridgehead atoms. The van der Waals surface area contributed by atoms with Gasteiger partial charge in [-0.05, 0) is 116 Å². The van der Waals surface area contributed by atoms with E-state index < -0.39 is 67.4 Å². The van der Waals surface area contributed by atoms with Crippen LogP contribution in [0.25, 0.3) is 0 Å². The van der Waals surface area contributed by atoms with E-state index in [1.165, 1.54) is 135 Å². The zero-order valence-corrected chi connectivity index (χ0v) is 60.0. The summed E-state index contributed by atoms with van der Waals surface area (Å²) in [7, 11) is 0. The standard InChI is InChI=1S/C83H141NO10/c1-4-7-10-13-16-19-22-25-27-29-31-33-35-37-39-41-43-45-47-49-51-53-56-59-62-65-68-71-78(88)94-81-80(90)79(89)77(72-85)93-83(81)92-73-74(75(86)69-66-63-60-57-54-24-21-18-15-12-9-6-3)84-82(91)76(87)70-67-64-61-58-55-52-50-48-46-44-42-40-38-36-34-32-30-28-26-23-20-17-14-11-8-5-2/h7-8,10-11,16-17,19-20,25-28,31-34,37-40,66,69,74-77,79-81,83,85-87,89-90H,4-6,9,12-15,18,21-24,29-30,35-36,41-65,67-68,70-73H2,1-3H3,(H,84,91)/b10-7-,11-8-,19-16-,20-17-,27-25-,28-26-,33-31-,34-32-,39-37-,40-38-,69-66+. The molecule has 538 valence electrons. The van der Waals surface area contributed by atoms with Crippen molar-refractivity contribution in [1.29, 1.82) is 0 Å². The van der Waals surface area contributed by atoms with E-state index in [-0.39, 0.29) is 19.4 Å². The van der Waals surface area contributed by atoms with Crippen molar-refractivity contribution in [2.45, 2.75) is 365 Å². The Hall–Kier alpha value is -4.20. The van der Waals surface area contributed by atoms with Crippen LogP contribution >= 0.6 is 0 Å². The number of carbonyl (C=O) groups is 2. The number of hydrogen-bond acceptors (Lipinski definition) is 10. The molecule has 0 aromatic rings. The number of aliphatic hydroxyl groups is 5. The third kappa shape index (κ3) is 54.9. The van der Waals surface area contributed by atoms with Crippen molar-refractivity contribution in [3.05, 3.63) is 134 Å². The van der Waals surface area contributed by atoms with Crippen molar-refractivity contribution < 1.29 is 49.3 Å². The summed E-state index contributed by atoms with van der Waals surface area (Å²) in [6.45, 7) is 5.59. The molecular weight excluding hydrogens is 1170 g/mol. The van der Waals surface area contributed by atoms with Crippen LogP contribution in [0.1, 0.15) is 316 Å². The van der Waals surface area contributed by atoms with Gasteiger partial charge in [0.1, 0.15) is 24.4 Å². The van der Waals surface area contributed by atoms with Gasteiger partial charge in [-0.3, -0.25) is 9.59 Å². The first-order valence-electron chi connectivity index (χ1n) is 38.5. The Balaban J connectivity index is 2.53. The zero-order chi connectivity index (χ0) is 68.1. The predicted octanol–water partition coefficient (Wildman–Crippen LogP) is 20.7. The fraction of sp³-hybridized carbons (Fsp3) is 0.711. The largest absolute Gasteiger partial charge is 0.454 e. The summed E-state index contributed by atoms with van der Waals surface area (Å²) in [6.07, 6.45) is 87.7. The van der Waals surface area contributed by atoms with Crippen LogP contribution in [-0.2, 0) is 23.8 Å². The second kappa shape index (κ2) is 68.7. The average Bonchev–Trinajstić information content (AvgIpc) is 0.814. The van der Waals surface area contributed by atoms with E-state index in [9.17, 15) is 35.1 Å². The second-order valence-corrected chi connectivity index (χ2v) is 26.0. The minimum absolute atomic E-state index is 0.113. The van der Waals surface area contributed by atoms with Crippen molar-refractivity contribution in [2.24, 2.45) is 0 Å². The van der Waals surface area contributed by atoms with E-state index >= 15 is 0 Å². The molecular formula is C83H141NO10. The van der Waals surface area contributed by atoms with Gasteiger partial charge in [0.25, 0.3) is 0 Å². The summed E-state index contributed by atoms with van der Waals surface area (Å²) in [4.78, 5) is 26.8. The Morgan fingerprint density at radius 2 is 0.766 bits per heavy atom. The molecule has 1 aliphatic rings. The maximum Gasteiger partial charge on any atom is 0.306 e. The highest BCUT2D eigenvalue weighted by atomic mass is 16.7. The predicted molar refractivity (Wildman–Crippen MR) is 397 cm³/mol. The molecule has 11 nitrogen and oxygen atoms in total. The molecule has 8 atom stereocenters. The van der Waals surface area contributed by atoms with Crippen molar-refractivity contribution in [3.63, 3.8) is 0 Å². The van der Waals surface area contributed by atoms with Crippen LogP contribution in [0.3, 0.4) is 0 Å². The van der Waals surface area contributed by atoms with E-state index in [0.29, 0.717) is 12.8 Å². The highest BCUT2D eigenvalue weighted by Crippen LogP contribution is 2.26. The molecule has 1 amide bonds. The van der Waals surface area contributed by atoms with Crippen LogP contribution in [0.15, 0.2) is 134 Å². The van der Waals surface area contributed by atoms with E-state index in [1.54, 1.807) is 6.08 Å². The van der Waals surface area contributed by atoms with Gasteiger partial charge >= 0.3 is 5.97 Å². The summed E-state index contributed by atoms with van der Waals surface area (Å²) >= 11 is 0. The zero-order valence-electron chi connectivity index (χ0n) is 60.0. The fourth-order valence-corrected chi connectivity index (χ4v) is 11.4. The lowest BCUT2D eigenvalue weighted by Gasteiger charge is -2.41. The van der Waals surface area contributed by atoms with E-state index in [2.05, 4.69) is 148 Å². The van der Waals surface area contributed by atoms with Crippen LogP contribution in [0.4, 0.5) is 0 Å². The number of unbranched alkanes of at least 4 members (excludes halogenated alkanes) is 31. The quantitative estimate of drug-likeness (QED) is 0.0195. The van der Waals surface area contributed by atoms with Gasteiger partial charge in [-0.1, -0.05) is 328 Å². The first kappa shape index (κ1) is 87.8. The van der Waals surface area contributed by atoms with Gasteiger partial charge < -0.3 is 45.1 Å². The second-order valence-electron chi connectivity index (χ2n) is 26.0. The SMILES string of the molecule is CC/C=C\C/C=C\C/C=C\C/C=C\C/C=C\CCCCCCCCCCCCCC(=O)OC1C(OCC(NC(=O)C(O)CCCCCCCCCCCC/C=C\C/C=C\C/C=C\C/C=C\C/C=C\CC)C(O)/C=C/CCCCCCCCCCCC)OC(CO)C(O)C1O. The Morgan fingerprint density at radius 1 is 0.426 bits per heavy atom. The van der Waals surface area contributed by atoms with E-state index in [0.717, 1.165) is 135 Å². The number of allylic oxidation sites excluding steroid dienone is 21. The average molecular weight is 1310 g/mol. The van der Waals surface area contributed by atoms with Crippen molar-refractivity contribution in [2.75, 3.05) is 13.2 Å². The van der Waals surface area contributed by atoms with Crippen LogP contribution in [0, 0.1) is 0 Å². The molecule has 0 aliphatic carbocycles. The molecule has 1 heterocycles. The minimum Gasteiger partial charge on any atom is -0.454 e. The number of hydrogen-bond donors (Lipinski definition) is 6. The third-order valence-corrected chi connectivity index (χ3v) is 17.3. The Morgan fingerprint density at radius 3 is 1.15 bits per heavy atom. The van der Waals surface area contributed by atoms with Gasteiger partial charge in [0.15, 0.2) is 12.4 Å². The summed E-state index contributed by atoms with van der Waals surface area (Å²) in [5, 5.41) is 57.4. The highest BCUT2D eigenvalue weighted by molar-refractivity contribution is 5.80. The molecule has 6 N–H and O–H groups in total. The lowest BCUT2D eigenvalue weighted by atomic mass is 9.99.